The number of thiophene rings is 1. The Morgan fingerprint density at radius 1 is 1.27 bits per heavy atom. The molecule has 8 heteroatoms. The van der Waals surface area contributed by atoms with Gasteiger partial charge in [-0.3, -0.25) is 4.79 Å². The molecule has 0 unspecified atom stereocenters. The highest BCUT2D eigenvalue weighted by atomic mass is 32.1. The van der Waals surface area contributed by atoms with E-state index in [0.29, 0.717) is 25.5 Å². The van der Waals surface area contributed by atoms with Gasteiger partial charge in [0.1, 0.15) is 16.5 Å². The third-order valence-corrected chi connectivity index (χ3v) is 5.70. The maximum Gasteiger partial charge on any atom is 0.271 e. The minimum absolute atomic E-state index is 0.167. The van der Waals surface area contributed by atoms with Gasteiger partial charge in [0.25, 0.3) is 5.91 Å². The molecular formula is C18H18N4O2S2. The molecule has 0 saturated carbocycles. The largest absolute Gasteiger partial charge is 0.378 e. The van der Waals surface area contributed by atoms with Crippen LogP contribution < -0.4 is 10.2 Å². The molecule has 4 heterocycles. The third kappa shape index (κ3) is 3.77. The highest BCUT2D eigenvalue weighted by molar-refractivity contribution is 7.14. The minimum Gasteiger partial charge on any atom is -0.378 e. The summed E-state index contributed by atoms with van der Waals surface area (Å²) >= 11 is 3.10. The van der Waals surface area contributed by atoms with Gasteiger partial charge in [-0.2, -0.15) is 11.3 Å². The van der Waals surface area contributed by atoms with Crippen LogP contribution in [0, 0.1) is 0 Å². The summed E-state index contributed by atoms with van der Waals surface area (Å²) in [7, 11) is 0. The van der Waals surface area contributed by atoms with Gasteiger partial charge < -0.3 is 15.0 Å². The van der Waals surface area contributed by atoms with E-state index in [4.69, 9.17) is 4.74 Å². The lowest BCUT2D eigenvalue weighted by molar-refractivity contribution is 0.0946. The topological polar surface area (TPSA) is 67.4 Å². The standard InChI is InChI=1S/C18H18N4O2S2/c23-17(15-12-26-18(21-15)14-3-9-25-11-14)20-10-13-2-1-4-19-16(13)22-5-7-24-8-6-22/h1-4,9,11-12H,5-8,10H2,(H,20,23). The molecule has 0 bridgehead atoms. The van der Waals surface area contributed by atoms with Crippen molar-refractivity contribution in [2.45, 2.75) is 6.54 Å². The van der Waals surface area contributed by atoms with Crippen LogP contribution in [0.1, 0.15) is 16.1 Å². The molecule has 0 spiro atoms. The molecule has 1 aliphatic heterocycles. The highest BCUT2D eigenvalue weighted by Crippen LogP contribution is 2.25. The third-order valence-electron chi connectivity index (χ3n) is 4.12. The van der Waals surface area contributed by atoms with Crippen molar-refractivity contribution in [3.8, 4) is 10.6 Å². The summed E-state index contributed by atoms with van der Waals surface area (Å²) < 4.78 is 5.40. The van der Waals surface area contributed by atoms with Gasteiger partial charge in [0.15, 0.2) is 0 Å². The first-order valence-corrected chi connectivity index (χ1v) is 10.2. The van der Waals surface area contributed by atoms with Crippen molar-refractivity contribution in [1.82, 2.24) is 15.3 Å². The van der Waals surface area contributed by atoms with Crippen molar-refractivity contribution in [1.29, 1.82) is 0 Å². The van der Waals surface area contributed by atoms with Crippen LogP contribution in [0.5, 0.6) is 0 Å². The number of pyridine rings is 1. The van der Waals surface area contributed by atoms with E-state index in [0.717, 1.165) is 35.0 Å². The Labute approximate surface area is 159 Å². The monoisotopic (exact) mass is 386 g/mol. The number of hydrogen-bond donors (Lipinski definition) is 1. The number of carbonyl (C=O) groups is 1. The van der Waals surface area contributed by atoms with Gasteiger partial charge in [0, 0.05) is 47.7 Å². The number of ether oxygens (including phenoxy) is 1. The Morgan fingerprint density at radius 2 is 2.15 bits per heavy atom. The van der Waals surface area contributed by atoms with E-state index >= 15 is 0 Å². The fourth-order valence-electron chi connectivity index (χ4n) is 2.79. The summed E-state index contributed by atoms with van der Waals surface area (Å²) in [4.78, 5) is 23.6. The molecule has 0 radical (unpaired) electrons. The van der Waals surface area contributed by atoms with E-state index in [-0.39, 0.29) is 5.91 Å². The second kappa shape index (κ2) is 7.94. The van der Waals surface area contributed by atoms with Crippen molar-refractivity contribution in [3.63, 3.8) is 0 Å². The average Bonchev–Trinajstić information content (AvgIpc) is 3.38. The Kier molecular flexibility index (Phi) is 5.24. The van der Waals surface area contributed by atoms with Gasteiger partial charge in [-0.1, -0.05) is 6.07 Å². The molecule has 3 aromatic rings. The minimum atomic E-state index is -0.167. The van der Waals surface area contributed by atoms with Gasteiger partial charge >= 0.3 is 0 Å². The van der Waals surface area contributed by atoms with Gasteiger partial charge in [-0.25, -0.2) is 9.97 Å². The average molecular weight is 387 g/mol. The number of rotatable bonds is 5. The van der Waals surface area contributed by atoms with Crippen LogP contribution >= 0.6 is 22.7 Å². The number of nitrogens with one attached hydrogen (secondary N) is 1. The number of amides is 1. The Balaban J connectivity index is 1.43. The Bertz CT molecular complexity index is 873. The van der Waals surface area contributed by atoms with E-state index in [9.17, 15) is 4.79 Å². The van der Waals surface area contributed by atoms with Gasteiger partial charge in [0.05, 0.1) is 13.2 Å². The number of thiazole rings is 1. The number of aromatic nitrogens is 2. The normalized spacial score (nSPS) is 14.4. The van der Waals surface area contributed by atoms with Crippen LogP contribution in [0.15, 0.2) is 40.5 Å². The molecule has 1 aliphatic rings. The molecule has 6 nitrogen and oxygen atoms in total. The molecule has 26 heavy (non-hydrogen) atoms. The molecule has 134 valence electrons. The molecule has 0 atom stereocenters. The van der Waals surface area contributed by atoms with Crippen molar-refractivity contribution >= 4 is 34.4 Å². The summed E-state index contributed by atoms with van der Waals surface area (Å²) in [6.45, 7) is 3.45. The summed E-state index contributed by atoms with van der Waals surface area (Å²) in [6, 6.07) is 5.90. The van der Waals surface area contributed by atoms with E-state index in [1.54, 1.807) is 22.9 Å². The van der Waals surface area contributed by atoms with E-state index in [1.807, 2.05) is 29.0 Å². The van der Waals surface area contributed by atoms with Crippen LogP contribution in [0.2, 0.25) is 0 Å². The Morgan fingerprint density at radius 3 is 2.96 bits per heavy atom. The van der Waals surface area contributed by atoms with Crippen LogP contribution in [0.25, 0.3) is 10.6 Å². The number of nitrogens with zero attached hydrogens (tertiary/aromatic N) is 3. The number of anilines is 1. The zero-order valence-corrected chi connectivity index (χ0v) is 15.7. The number of hydrogen-bond acceptors (Lipinski definition) is 7. The van der Waals surface area contributed by atoms with Crippen LogP contribution in [0.3, 0.4) is 0 Å². The smallest absolute Gasteiger partial charge is 0.271 e. The molecule has 0 aromatic carbocycles. The van der Waals surface area contributed by atoms with Crippen molar-refractivity contribution in [2.24, 2.45) is 0 Å². The van der Waals surface area contributed by atoms with Gasteiger partial charge in [0.2, 0.25) is 0 Å². The van der Waals surface area contributed by atoms with Crippen LogP contribution in [0.4, 0.5) is 5.82 Å². The number of carbonyl (C=O) groups excluding carboxylic acids is 1. The first kappa shape index (κ1) is 17.1. The summed E-state index contributed by atoms with van der Waals surface area (Å²) in [5.74, 6) is 0.743. The maximum absolute atomic E-state index is 12.5. The van der Waals surface area contributed by atoms with E-state index in [2.05, 4.69) is 20.2 Å². The molecular weight excluding hydrogens is 368 g/mol. The van der Waals surface area contributed by atoms with Gasteiger partial charge in [-0.15, -0.1) is 11.3 Å². The lowest BCUT2D eigenvalue weighted by Gasteiger charge is -2.29. The molecule has 4 rings (SSSR count). The summed E-state index contributed by atoms with van der Waals surface area (Å²) in [5.41, 5.74) is 2.50. The first-order valence-electron chi connectivity index (χ1n) is 8.34. The quantitative estimate of drug-likeness (QED) is 0.730. The van der Waals surface area contributed by atoms with E-state index in [1.165, 1.54) is 11.3 Å². The molecule has 1 amide bonds. The highest BCUT2D eigenvalue weighted by Gasteiger charge is 2.17. The second-order valence-electron chi connectivity index (χ2n) is 5.82. The van der Waals surface area contributed by atoms with Crippen molar-refractivity contribution in [2.75, 3.05) is 31.2 Å². The zero-order valence-electron chi connectivity index (χ0n) is 14.1. The fraction of sp³-hybridized carbons (Fsp3) is 0.278. The maximum atomic E-state index is 12.5. The molecule has 1 saturated heterocycles. The number of morpholine rings is 1. The lowest BCUT2D eigenvalue weighted by atomic mass is 10.2. The van der Waals surface area contributed by atoms with Crippen molar-refractivity contribution in [3.05, 3.63) is 51.8 Å². The van der Waals surface area contributed by atoms with E-state index < -0.39 is 0 Å². The van der Waals surface area contributed by atoms with Gasteiger partial charge in [-0.05, 0) is 17.5 Å². The zero-order chi connectivity index (χ0) is 17.8. The fourth-order valence-corrected chi connectivity index (χ4v) is 4.30. The molecule has 0 aliphatic carbocycles. The lowest BCUT2D eigenvalue weighted by Crippen LogP contribution is -2.37. The first-order chi connectivity index (χ1) is 12.8. The molecule has 3 aromatic heterocycles. The molecule has 1 N–H and O–H groups in total. The Hall–Kier alpha value is -2.29. The predicted octanol–water partition coefficient (Wildman–Crippen LogP) is 3.03. The van der Waals surface area contributed by atoms with Crippen LogP contribution in [-0.4, -0.2) is 42.2 Å². The summed E-state index contributed by atoms with van der Waals surface area (Å²) in [6.07, 6.45) is 1.78. The predicted molar refractivity (Wildman–Crippen MR) is 104 cm³/mol. The van der Waals surface area contributed by atoms with Crippen LogP contribution in [-0.2, 0) is 11.3 Å². The summed E-state index contributed by atoms with van der Waals surface area (Å²) in [5, 5.41) is 9.67. The SMILES string of the molecule is O=C(NCc1cccnc1N1CCOCC1)c1csc(-c2ccsc2)n1. The second-order valence-corrected chi connectivity index (χ2v) is 7.46. The molecule has 1 fully saturated rings. The van der Waals surface area contributed by atoms with Crippen molar-refractivity contribution < 1.29 is 9.53 Å².